The first kappa shape index (κ1) is 16.8. The highest BCUT2D eigenvalue weighted by Gasteiger charge is 2.25. The molecule has 1 atom stereocenters. The fourth-order valence-corrected chi connectivity index (χ4v) is 3.17. The van der Waals surface area contributed by atoms with Crippen molar-refractivity contribution in [3.8, 4) is 0 Å². The molecule has 126 valence electrons. The van der Waals surface area contributed by atoms with Crippen LogP contribution < -0.4 is 5.32 Å². The summed E-state index contributed by atoms with van der Waals surface area (Å²) in [4.78, 5) is 14.5. The van der Waals surface area contributed by atoms with Crippen LogP contribution in [0.15, 0.2) is 53.2 Å². The van der Waals surface area contributed by atoms with Gasteiger partial charge in [-0.25, -0.2) is 0 Å². The van der Waals surface area contributed by atoms with Crippen LogP contribution in [0.2, 0.25) is 5.02 Å². The molecule has 24 heavy (non-hydrogen) atoms. The molecule has 4 nitrogen and oxygen atoms in total. The number of hydrogen-bond acceptors (Lipinski definition) is 3. The third kappa shape index (κ3) is 4.28. The molecule has 1 fully saturated rings. The van der Waals surface area contributed by atoms with E-state index in [4.69, 9.17) is 16.0 Å². The monoisotopic (exact) mass is 344 g/mol. The minimum Gasteiger partial charge on any atom is -0.468 e. The van der Waals surface area contributed by atoms with Crippen molar-refractivity contribution in [2.45, 2.75) is 18.9 Å². The van der Waals surface area contributed by atoms with Crippen LogP contribution in [0.5, 0.6) is 0 Å². The molecule has 2 aromatic rings. The molecule has 1 N–H and O–H groups in total. The standard InChI is InChI=1S/C19H21ClN2O2/c20-16-7-2-1-6-15(16)9-10-19(23)21-14-17(18-8-5-13-24-18)22-11-3-4-12-22/h1-2,5-10,13,17H,3-4,11-12,14H2,(H,21,23)/b10-9+/t17-/m1/s1. The van der Waals surface area contributed by atoms with Gasteiger partial charge in [0.25, 0.3) is 0 Å². The van der Waals surface area contributed by atoms with Gasteiger partial charge in [0, 0.05) is 17.6 Å². The number of nitrogens with one attached hydrogen (secondary N) is 1. The predicted molar refractivity (Wildman–Crippen MR) is 95.8 cm³/mol. The van der Waals surface area contributed by atoms with Crippen molar-refractivity contribution in [3.05, 3.63) is 65.1 Å². The molecule has 1 amide bonds. The second-order valence-electron chi connectivity index (χ2n) is 5.87. The summed E-state index contributed by atoms with van der Waals surface area (Å²) >= 11 is 6.09. The Morgan fingerprint density at radius 1 is 1.25 bits per heavy atom. The van der Waals surface area contributed by atoms with Crippen molar-refractivity contribution in [2.24, 2.45) is 0 Å². The van der Waals surface area contributed by atoms with E-state index in [0.717, 1.165) is 24.4 Å². The Hall–Kier alpha value is -2.04. The topological polar surface area (TPSA) is 45.5 Å². The molecule has 1 aliphatic heterocycles. The van der Waals surface area contributed by atoms with Crippen LogP contribution >= 0.6 is 11.6 Å². The highest BCUT2D eigenvalue weighted by Crippen LogP contribution is 2.24. The molecule has 0 aliphatic carbocycles. The molecule has 1 aromatic carbocycles. The van der Waals surface area contributed by atoms with Gasteiger partial charge in [-0.05, 0) is 55.8 Å². The minimum absolute atomic E-state index is 0.0835. The lowest BCUT2D eigenvalue weighted by molar-refractivity contribution is -0.116. The number of rotatable bonds is 6. The summed E-state index contributed by atoms with van der Waals surface area (Å²) in [6.45, 7) is 2.60. The Kier molecular flexibility index (Phi) is 5.72. The highest BCUT2D eigenvalue weighted by molar-refractivity contribution is 6.32. The van der Waals surface area contributed by atoms with Gasteiger partial charge in [0.05, 0.1) is 12.3 Å². The van der Waals surface area contributed by atoms with Crippen molar-refractivity contribution in [1.29, 1.82) is 0 Å². The third-order valence-corrected chi connectivity index (χ3v) is 4.59. The van der Waals surface area contributed by atoms with Crippen LogP contribution in [-0.2, 0) is 4.79 Å². The largest absolute Gasteiger partial charge is 0.468 e. The second kappa shape index (κ2) is 8.18. The van der Waals surface area contributed by atoms with E-state index in [-0.39, 0.29) is 11.9 Å². The predicted octanol–water partition coefficient (Wildman–Crippen LogP) is 3.90. The van der Waals surface area contributed by atoms with Gasteiger partial charge in [-0.1, -0.05) is 29.8 Å². The van der Waals surface area contributed by atoms with Crippen LogP contribution in [-0.4, -0.2) is 30.4 Å². The van der Waals surface area contributed by atoms with E-state index in [9.17, 15) is 4.79 Å². The number of likely N-dealkylation sites (tertiary alicyclic amines) is 1. The van der Waals surface area contributed by atoms with Gasteiger partial charge in [-0.15, -0.1) is 0 Å². The van der Waals surface area contributed by atoms with Crippen molar-refractivity contribution < 1.29 is 9.21 Å². The zero-order valence-corrected chi connectivity index (χ0v) is 14.2. The summed E-state index contributed by atoms with van der Waals surface area (Å²) in [5.41, 5.74) is 0.830. The molecule has 0 radical (unpaired) electrons. The maximum absolute atomic E-state index is 12.1. The van der Waals surface area contributed by atoms with Crippen LogP contribution in [0.1, 0.15) is 30.2 Å². The third-order valence-electron chi connectivity index (χ3n) is 4.24. The van der Waals surface area contributed by atoms with Crippen LogP contribution in [0.3, 0.4) is 0 Å². The maximum atomic E-state index is 12.1. The summed E-state index contributed by atoms with van der Waals surface area (Å²) in [6.07, 6.45) is 7.31. The summed E-state index contributed by atoms with van der Waals surface area (Å²) in [5.74, 6) is 0.762. The van der Waals surface area contributed by atoms with Crippen LogP contribution in [0.4, 0.5) is 0 Å². The number of halogens is 1. The van der Waals surface area contributed by atoms with Crippen molar-refractivity contribution >= 4 is 23.6 Å². The molecule has 0 saturated carbocycles. The van der Waals surface area contributed by atoms with E-state index < -0.39 is 0 Å². The van der Waals surface area contributed by atoms with E-state index in [0.29, 0.717) is 11.6 Å². The molecule has 3 rings (SSSR count). The number of benzene rings is 1. The Labute approximate surface area is 147 Å². The number of carbonyl (C=O) groups is 1. The van der Waals surface area contributed by atoms with E-state index in [2.05, 4.69) is 10.2 Å². The van der Waals surface area contributed by atoms with Gasteiger partial charge in [0.15, 0.2) is 0 Å². The molecule has 1 saturated heterocycles. The molecule has 0 spiro atoms. The zero-order valence-electron chi connectivity index (χ0n) is 13.5. The average Bonchev–Trinajstić information content (AvgIpc) is 3.28. The molecular formula is C19H21ClN2O2. The first-order valence-electron chi connectivity index (χ1n) is 8.22. The number of nitrogens with zero attached hydrogens (tertiary/aromatic N) is 1. The molecule has 0 bridgehead atoms. The van der Waals surface area contributed by atoms with Gasteiger partial charge in [-0.3, -0.25) is 9.69 Å². The molecule has 5 heteroatoms. The van der Waals surface area contributed by atoms with E-state index in [1.807, 2.05) is 30.3 Å². The zero-order chi connectivity index (χ0) is 16.8. The van der Waals surface area contributed by atoms with E-state index in [1.165, 1.54) is 18.9 Å². The maximum Gasteiger partial charge on any atom is 0.244 e. The summed E-state index contributed by atoms with van der Waals surface area (Å²) in [6, 6.07) is 11.4. The number of carbonyl (C=O) groups excluding carboxylic acids is 1. The Morgan fingerprint density at radius 3 is 2.75 bits per heavy atom. The average molecular weight is 345 g/mol. The lowest BCUT2D eigenvalue weighted by Crippen LogP contribution is -2.36. The lowest BCUT2D eigenvalue weighted by atomic mass is 10.2. The molecular weight excluding hydrogens is 324 g/mol. The van der Waals surface area contributed by atoms with Gasteiger partial charge in [-0.2, -0.15) is 0 Å². The van der Waals surface area contributed by atoms with Gasteiger partial charge < -0.3 is 9.73 Å². The van der Waals surface area contributed by atoms with Crippen molar-refractivity contribution in [1.82, 2.24) is 10.2 Å². The van der Waals surface area contributed by atoms with E-state index in [1.54, 1.807) is 18.4 Å². The Morgan fingerprint density at radius 2 is 2.04 bits per heavy atom. The Bertz CT molecular complexity index is 691. The number of furan rings is 1. The molecule has 1 aliphatic rings. The van der Waals surface area contributed by atoms with Gasteiger partial charge in [0.2, 0.25) is 5.91 Å². The smallest absolute Gasteiger partial charge is 0.244 e. The van der Waals surface area contributed by atoms with Gasteiger partial charge in [0.1, 0.15) is 5.76 Å². The van der Waals surface area contributed by atoms with Crippen LogP contribution in [0, 0.1) is 0 Å². The summed E-state index contributed by atoms with van der Waals surface area (Å²) in [7, 11) is 0. The molecule has 0 unspecified atom stereocenters. The Balaban J connectivity index is 1.60. The van der Waals surface area contributed by atoms with Gasteiger partial charge >= 0.3 is 0 Å². The number of hydrogen-bond donors (Lipinski definition) is 1. The highest BCUT2D eigenvalue weighted by atomic mass is 35.5. The molecule has 2 heterocycles. The fourth-order valence-electron chi connectivity index (χ4n) is 2.98. The van der Waals surface area contributed by atoms with Crippen molar-refractivity contribution in [3.63, 3.8) is 0 Å². The first-order valence-corrected chi connectivity index (χ1v) is 8.60. The first-order chi connectivity index (χ1) is 11.7. The second-order valence-corrected chi connectivity index (χ2v) is 6.28. The molecule has 1 aromatic heterocycles. The lowest BCUT2D eigenvalue weighted by Gasteiger charge is -2.25. The van der Waals surface area contributed by atoms with Crippen LogP contribution in [0.25, 0.3) is 6.08 Å². The summed E-state index contributed by atoms with van der Waals surface area (Å²) < 4.78 is 5.56. The number of amides is 1. The van der Waals surface area contributed by atoms with Crippen molar-refractivity contribution in [2.75, 3.05) is 19.6 Å². The minimum atomic E-state index is -0.134. The fraction of sp³-hybridized carbons (Fsp3) is 0.316. The summed E-state index contributed by atoms with van der Waals surface area (Å²) in [5, 5.41) is 3.60. The quantitative estimate of drug-likeness (QED) is 0.808. The SMILES string of the molecule is O=C(/C=C/c1ccccc1Cl)NC[C@H](c1ccco1)N1CCCC1. The normalized spacial score (nSPS) is 16.5. The van der Waals surface area contributed by atoms with E-state index >= 15 is 0 Å².